The van der Waals surface area contributed by atoms with Crippen LogP contribution in [0.25, 0.3) is 99.9 Å². The van der Waals surface area contributed by atoms with Crippen LogP contribution in [0.2, 0.25) is 0 Å². The Kier molecular flexibility index (Phi) is 5.86. The van der Waals surface area contributed by atoms with E-state index in [9.17, 15) is 1.37 Å². The number of para-hydroxylation sites is 1. The molecule has 0 amide bonds. The quantitative estimate of drug-likeness (QED) is 0.185. The van der Waals surface area contributed by atoms with Gasteiger partial charge in [0.15, 0.2) is 17.5 Å². The molecule has 0 aliphatic rings. The number of hydrogen-bond donors (Lipinski definition) is 0. The third-order valence-corrected chi connectivity index (χ3v) is 9.42. The molecule has 0 aliphatic heterocycles. The molecule has 0 saturated carbocycles. The second kappa shape index (κ2) is 11.9. The van der Waals surface area contributed by atoms with Crippen LogP contribution in [0.5, 0.6) is 0 Å². The lowest BCUT2D eigenvalue weighted by Gasteiger charge is -2.14. The largest absolute Gasteiger partial charge is 0.456 e. The van der Waals surface area contributed by atoms with Gasteiger partial charge in [-0.15, -0.1) is 0 Å². The number of benzene rings is 8. The summed E-state index contributed by atoms with van der Waals surface area (Å²) >= 11 is 0. The molecule has 0 unspecified atom stereocenters. The lowest BCUT2D eigenvalue weighted by atomic mass is 9.91. The van der Waals surface area contributed by atoms with E-state index < -0.39 is 0 Å². The zero-order chi connectivity index (χ0) is 37.2. The molecule has 0 aliphatic carbocycles. The number of nitrogens with zero attached hydrogens (tertiary/aromatic N) is 3. The normalized spacial score (nSPS) is 12.6. The predicted octanol–water partition coefficient (Wildman–Crippen LogP) is 12.4. The van der Waals surface area contributed by atoms with Crippen molar-refractivity contribution in [2.24, 2.45) is 0 Å². The van der Waals surface area contributed by atoms with Gasteiger partial charge in [0.2, 0.25) is 0 Å². The summed E-state index contributed by atoms with van der Waals surface area (Å²) in [4.78, 5) is 15.2. The summed E-state index contributed by atoms with van der Waals surface area (Å²) < 4.78 is 41.0. The maximum absolute atomic E-state index is 9.19. The molecule has 10 rings (SSSR count). The summed E-state index contributed by atoms with van der Waals surface area (Å²) in [5.74, 6) is 1.06. The molecular formula is C47H29N3O. The highest BCUT2D eigenvalue weighted by atomic mass is 16.3. The van der Waals surface area contributed by atoms with Crippen LogP contribution in [0.3, 0.4) is 0 Å². The summed E-state index contributed by atoms with van der Waals surface area (Å²) in [6, 6.07) is 50.1. The Morgan fingerprint density at radius 3 is 1.76 bits per heavy atom. The molecule has 238 valence electrons. The molecule has 10 aromatic rings. The van der Waals surface area contributed by atoms with Gasteiger partial charge in [-0.05, 0) is 74.1 Å². The van der Waals surface area contributed by atoms with Crippen LogP contribution in [0.4, 0.5) is 0 Å². The number of rotatable bonds is 5. The van der Waals surface area contributed by atoms with Crippen molar-refractivity contribution in [1.82, 2.24) is 15.0 Å². The molecule has 0 N–H and O–H groups in total. The Morgan fingerprint density at radius 2 is 1.00 bits per heavy atom. The second-order valence-electron chi connectivity index (χ2n) is 12.5. The first-order valence-corrected chi connectivity index (χ1v) is 16.8. The lowest BCUT2D eigenvalue weighted by Crippen LogP contribution is -2.01. The SMILES string of the molecule is [2H]c1cc([2H])c2oc3c([2H])cc([2H])c(-c4nc(-c5ccc(-c6ccccc6)c(-c6ccc7ccccc7c6)c5)nc(-c5ccc6ccccc6c5)n4)c3c2c1. The molecule has 0 fully saturated rings. The highest BCUT2D eigenvalue weighted by Crippen LogP contribution is 2.39. The molecule has 8 aromatic carbocycles. The Morgan fingerprint density at radius 1 is 0.392 bits per heavy atom. The Hall–Kier alpha value is -6.91. The van der Waals surface area contributed by atoms with Crippen molar-refractivity contribution >= 4 is 43.5 Å². The summed E-state index contributed by atoms with van der Waals surface area (Å²) in [6.45, 7) is 0. The molecule has 2 aromatic heterocycles. The monoisotopic (exact) mass is 655 g/mol. The van der Waals surface area contributed by atoms with E-state index in [0.717, 1.165) is 54.9 Å². The summed E-state index contributed by atoms with van der Waals surface area (Å²) in [7, 11) is 0. The minimum atomic E-state index is 0.00596. The van der Waals surface area contributed by atoms with Gasteiger partial charge in [-0.3, -0.25) is 0 Å². The van der Waals surface area contributed by atoms with Gasteiger partial charge in [0.1, 0.15) is 11.2 Å². The van der Waals surface area contributed by atoms with E-state index >= 15 is 0 Å². The summed E-state index contributed by atoms with van der Waals surface area (Å²) in [5.41, 5.74) is 6.53. The van der Waals surface area contributed by atoms with Crippen LogP contribution in [-0.4, -0.2) is 15.0 Å². The molecule has 2 heterocycles. The van der Waals surface area contributed by atoms with E-state index in [1.807, 2.05) is 72.8 Å². The van der Waals surface area contributed by atoms with Gasteiger partial charge in [-0.2, -0.15) is 0 Å². The number of hydrogen-bond acceptors (Lipinski definition) is 4. The first-order chi connectivity index (χ1) is 26.9. The Bertz CT molecular complexity index is 3160. The van der Waals surface area contributed by atoms with E-state index in [1.54, 1.807) is 6.07 Å². The van der Waals surface area contributed by atoms with Gasteiger partial charge in [0.05, 0.1) is 5.48 Å². The van der Waals surface area contributed by atoms with Crippen LogP contribution in [-0.2, 0) is 0 Å². The molecule has 0 bridgehead atoms. The van der Waals surface area contributed by atoms with Crippen molar-refractivity contribution < 1.29 is 9.90 Å². The van der Waals surface area contributed by atoms with Gasteiger partial charge in [0, 0.05) is 27.5 Å². The fourth-order valence-electron chi connectivity index (χ4n) is 6.92. The fraction of sp³-hybridized carbons (Fsp3) is 0. The molecule has 0 atom stereocenters. The van der Waals surface area contributed by atoms with Crippen LogP contribution in [0.1, 0.15) is 5.48 Å². The van der Waals surface area contributed by atoms with Crippen LogP contribution < -0.4 is 0 Å². The maximum Gasteiger partial charge on any atom is 0.164 e. The summed E-state index contributed by atoms with van der Waals surface area (Å²) in [6.07, 6.45) is 0. The average molecular weight is 656 g/mol. The number of aromatic nitrogens is 3. The third-order valence-electron chi connectivity index (χ3n) is 9.42. The number of furan rings is 1. The number of fused-ring (bicyclic) bond motifs is 5. The van der Waals surface area contributed by atoms with Crippen molar-refractivity contribution in [2.75, 3.05) is 0 Å². The van der Waals surface area contributed by atoms with Crippen LogP contribution in [0.15, 0.2) is 180 Å². The summed E-state index contributed by atoms with van der Waals surface area (Å²) in [5, 5.41) is 5.29. The minimum absolute atomic E-state index is 0.00596. The Labute approximate surface area is 300 Å². The fourth-order valence-corrected chi connectivity index (χ4v) is 6.92. The molecular weight excluding hydrogens is 623 g/mol. The van der Waals surface area contributed by atoms with E-state index in [4.69, 9.17) is 23.5 Å². The standard InChI is InChI=1S/C47H29N3O/c1-2-13-32(14-3-1)38-26-25-37(29-41(38)35-23-21-30-11-4-6-15-33(30)27-35)46-48-45(36-24-22-31-12-5-7-16-34(31)28-36)49-47(50-46)40-18-10-20-43-44(40)39-17-8-9-19-42(39)51-43/h1-29H/i8D,18D,19D,20D. The highest BCUT2D eigenvalue weighted by Gasteiger charge is 2.19. The van der Waals surface area contributed by atoms with Gasteiger partial charge in [0.25, 0.3) is 0 Å². The molecule has 0 radical (unpaired) electrons. The third kappa shape index (κ3) is 5.13. The van der Waals surface area contributed by atoms with Gasteiger partial charge >= 0.3 is 0 Å². The van der Waals surface area contributed by atoms with E-state index in [-0.39, 0.29) is 41.2 Å². The van der Waals surface area contributed by atoms with E-state index in [1.165, 1.54) is 12.1 Å². The highest BCUT2D eigenvalue weighted by molar-refractivity contribution is 6.11. The van der Waals surface area contributed by atoms with Gasteiger partial charge < -0.3 is 4.42 Å². The molecule has 51 heavy (non-hydrogen) atoms. The zero-order valence-electron chi connectivity index (χ0n) is 31.2. The molecule has 4 heteroatoms. The van der Waals surface area contributed by atoms with Crippen LogP contribution in [0, 0.1) is 0 Å². The maximum atomic E-state index is 9.19. The van der Waals surface area contributed by atoms with Crippen molar-refractivity contribution in [3.8, 4) is 56.4 Å². The Balaban J connectivity index is 1.25. The first-order valence-electron chi connectivity index (χ1n) is 18.8. The zero-order valence-corrected chi connectivity index (χ0v) is 27.2. The molecule has 4 nitrogen and oxygen atoms in total. The minimum Gasteiger partial charge on any atom is -0.456 e. The van der Waals surface area contributed by atoms with Crippen molar-refractivity contribution in [1.29, 1.82) is 0 Å². The van der Waals surface area contributed by atoms with Crippen LogP contribution >= 0.6 is 0 Å². The molecule has 0 saturated heterocycles. The van der Waals surface area contributed by atoms with Gasteiger partial charge in [-0.1, -0.05) is 146 Å². The van der Waals surface area contributed by atoms with Crippen molar-refractivity contribution in [3.63, 3.8) is 0 Å². The van der Waals surface area contributed by atoms with Gasteiger partial charge in [-0.25, -0.2) is 15.0 Å². The second-order valence-corrected chi connectivity index (χ2v) is 12.5. The smallest absolute Gasteiger partial charge is 0.164 e. The van der Waals surface area contributed by atoms with E-state index in [2.05, 4.69) is 60.7 Å². The van der Waals surface area contributed by atoms with E-state index in [0.29, 0.717) is 28.0 Å². The molecule has 0 spiro atoms. The van der Waals surface area contributed by atoms with Crippen molar-refractivity contribution in [3.05, 3.63) is 176 Å². The topological polar surface area (TPSA) is 51.8 Å². The van der Waals surface area contributed by atoms with Crippen molar-refractivity contribution in [2.45, 2.75) is 0 Å². The predicted molar refractivity (Wildman–Crippen MR) is 209 cm³/mol. The average Bonchev–Trinajstić information content (AvgIpc) is 3.60. The first kappa shape index (κ1) is 25.1. The lowest BCUT2D eigenvalue weighted by molar-refractivity contribution is 0.669.